The van der Waals surface area contributed by atoms with Crippen molar-refractivity contribution in [3.05, 3.63) is 72.7 Å². The van der Waals surface area contributed by atoms with Crippen LogP contribution in [0.2, 0.25) is 0 Å². The number of hydrogen-bond donors (Lipinski definition) is 0. The molecule has 0 heterocycles. The van der Waals surface area contributed by atoms with Gasteiger partial charge in [0.2, 0.25) is 0 Å². The highest BCUT2D eigenvalue weighted by Crippen LogP contribution is 2.10. The smallest absolute Gasteiger partial charge is 0.200 e. The highest BCUT2D eigenvalue weighted by atomic mass is 16.5. The van der Waals surface area contributed by atoms with Crippen molar-refractivity contribution in [1.82, 2.24) is 0 Å². The number of benzene rings is 1. The Kier molecular flexibility index (Phi) is 5.45. The molecule has 0 aromatic heterocycles. The van der Waals surface area contributed by atoms with Gasteiger partial charge in [0, 0.05) is 5.56 Å². The van der Waals surface area contributed by atoms with Crippen molar-refractivity contribution in [2.24, 2.45) is 0 Å². The minimum Gasteiger partial charge on any atom is -0.493 e. The maximum atomic E-state index is 11.8. The molecule has 0 aliphatic heterocycles. The Hall–Kier alpha value is -2.29. The number of allylic oxidation sites excluding steroid dienone is 2. The summed E-state index contributed by atoms with van der Waals surface area (Å²) in [6.45, 7) is 7.13. The number of methoxy groups -OCH3 is 1. The lowest BCUT2D eigenvalue weighted by molar-refractivity contribution is 0.0859. The fourth-order valence-corrected chi connectivity index (χ4v) is 1.37. The first kappa shape index (κ1) is 13.8. The second-order valence-electron chi connectivity index (χ2n) is 3.42. The van der Waals surface area contributed by atoms with Crippen molar-refractivity contribution in [3.63, 3.8) is 0 Å². The quantitative estimate of drug-likeness (QED) is 0.420. The summed E-state index contributed by atoms with van der Waals surface area (Å²) in [5, 5.41) is 0. The Labute approximate surface area is 107 Å². The molecule has 0 fully saturated rings. The normalized spacial score (nSPS) is 11.2. The highest BCUT2D eigenvalue weighted by molar-refractivity contribution is 5.97. The summed E-state index contributed by atoms with van der Waals surface area (Å²) in [6, 6.07) is 8.96. The first-order valence-corrected chi connectivity index (χ1v) is 5.47. The molecule has 0 saturated heterocycles. The predicted molar refractivity (Wildman–Crippen MR) is 71.2 cm³/mol. The molecule has 0 amide bonds. The average molecular weight is 244 g/mol. The minimum absolute atomic E-state index is 0.0634. The number of carbonyl (C=O) groups is 1. The molecule has 0 aliphatic carbocycles. The van der Waals surface area contributed by atoms with Crippen molar-refractivity contribution in [2.75, 3.05) is 13.7 Å². The predicted octanol–water partition coefficient (Wildman–Crippen LogP) is 3.12. The molecule has 0 spiro atoms. The van der Waals surface area contributed by atoms with Crippen molar-refractivity contribution >= 4 is 5.78 Å². The van der Waals surface area contributed by atoms with Gasteiger partial charge in [0.25, 0.3) is 0 Å². The van der Waals surface area contributed by atoms with E-state index in [2.05, 4.69) is 13.2 Å². The lowest BCUT2D eigenvalue weighted by Crippen LogP contribution is -2.09. The molecule has 3 nitrogen and oxygen atoms in total. The number of ketones is 1. The molecule has 0 N–H and O–H groups in total. The van der Waals surface area contributed by atoms with Crippen LogP contribution in [-0.4, -0.2) is 19.5 Å². The summed E-state index contributed by atoms with van der Waals surface area (Å²) in [5.41, 5.74) is 0.610. The van der Waals surface area contributed by atoms with E-state index in [-0.39, 0.29) is 12.4 Å². The van der Waals surface area contributed by atoms with Crippen molar-refractivity contribution < 1.29 is 14.3 Å². The first-order chi connectivity index (χ1) is 8.72. The molecule has 0 saturated carbocycles. The van der Waals surface area contributed by atoms with Crippen LogP contribution in [0.15, 0.2) is 67.2 Å². The first-order valence-electron chi connectivity index (χ1n) is 5.47. The Morgan fingerprint density at radius 1 is 1.17 bits per heavy atom. The molecule has 0 radical (unpaired) electrons. The largest absolute Gasteiger partial charge is 0.493 e. The molecule has 94 valence electrons. The monoisotopic (exact) mass is 244 g/mol. The van der Waals surface area contributed by atoms with Gasteiger partial charge in [-0.15, -0.1) is 0 Å². The zero-order chi connectivity index (χ0) is 13.4. The second kappa shape index (κ2) is 7.12. The van der Waals surface area contributed by atoms with E-state index in [0.29, 0.717) is 17.1 Å². The van der Waals surface area contributed by atoms with Gasteiger partial charge < -0.3 is 9.47 Å². The van der Waals surface area contributed by atoms with Gasteiger partial charge in [-0.2, -0.15) is 0 Å². The van der Waals surface area contributed by atoms with E-state index in [9.17, 15) is 4.79 Å². The summed E-state index contributed by atoms with van der Waals surface area (Å²) in [5.74, 6) is 0.747. The summed E-state index contributed by atoms with van der Waals surface area (Å²) in [7, 11) is 1.50. The van der Waals surface area contributed by atoms with E-state index in [1.807, 2.05) is 18.2 Å². The van der Waals surface area contributed by atoms with E-state index < -0.39 is 0 Å². The van der Waals surface area contributed by atoms with Crippen molar-refractivity contribution in [2.45, 2.75) is 0 Å². The fourth-order valence-electron chi connectivity index (χ4n) is 1.37. The van der Waals surface area contributed by atoms with Crippen LogP contribution in [0.4, 0.5) is 0 Å². The maximum Gasteiger partial charge on any atom is 0.200 e. The van der Waals surface area contributed by atoms with Crippen molar-refractivity contribution in [3.8, 4) is 0 Å². The number of Topliss-reactive ketones (excluding diaryl/α,β-unsaturated/α-hetero) is 1. The summed E-state index contributed by atoms with van der Waals surface area (Å²) in [4.78, 5) is 11.8. The molecule has 0 atom stereocenters. The van der Waals surface area contributed by atoms with Gasteiger partial charge in [-0.05, 0) is 12.2 Å². The summed E-state index contributed by atoms with van der Waals surface area (Å²) < 4.78 is 10.4. The van der Waals surface area contributed by atoms with E-state index in [1.165, 1.54) is 19.3 Å². The van der Waals surface area contributed by atoms with Crippen LogP contribution in [0.5, 0.6) is 0 Å². The van der Waals surface area contributed by atoms with Crippen LogP contribution in [0.1, 0.15) is 10.4 Å². The van der Waals surface area contributed by atoms with Gasteiger partial charge in [0.1, 0.15) is 0 Å². The maximum absolute atomic E-state index is 11.8. The molecular formula is C15H16O3. The van der Waals surface area contributed by atoms with E-state index in [0.717, 1.165) is 0 Å². The molecular weight excluding hydrogens is 228 g/mol. The minimum atomic E-state index is -0.102. The van der Waals surface area contributed by atoms with Crippen LogP contribution >= 0.6 is 0 Å². The van der Waals surface area contributed by atoms with Crippen LogP contribution in [0.3, 0.4) is 0 Å². The van der Waals surface area contributed by atoms with Crippen molar-refractivity contribution in [1.29, 1.82) is 0 Å². The highest BCUT2D eigenvalue weighted by Gasteiger charge is 2.08. The molecule has 3 heteroatoms. The van der Waals surface area contributed by atoms with Gasteiger partial charge >= 0.3 is 0 Å². The standard InChI is InChI=1S/C15H16O3/c1-4-14(17-3)15(5-2)18-11-13(16)12-9-7-6-8-10-12/h4-10H,1-2,11H2,3H3/b15-14-. The number of hydrogen-bond acceptors (Lipinski definition) is 3. The van der Waals surface area contributed by atoms with Crippen LogP contribution < -0.4 is 0 Å². The molecule has 1 rings (SSSR count). The fraction of sp³-hybridized carbons (Fsp3) is 0.133. The van der Waals surface area contributed by atoms with E-state index >= 15 is 0 Å². The molecule has 0 unspecified atom stereocenters. The van der Waals surface area contributed by atoms with Gasteiger partial charge in [0.05, 0.1) is 7.11 Å². The lowest BCUT2D eigenvalue weighted by atomic mass is 10.1. The summed E-state index contributed by atoms with van der Waals surface area (Å²) >= 11 is 0. The third-order valence-electron chi connectivity index (χ3n) is 2.29. The van der Waals surface area contributed by atoms with E-state index in [1.54, 1.807) is 12.1 Å². The van der Waals surface area contributed by atoms with Crippen LogP contribution in [-0.2, 0) is 9.47 Å². The average Bonchev–Trinajstić information content (AvgIpc) is 2.44. The topological polar surface area (TPSA) is 35.5 Å². The number of carbonyl (C=O) groups excluding carboxylic acids is 1. The second-order valence-corrected chi connectivity index (χ2v) is 3.42. The van der Waals surface area contributed by atoms with Crippen LogP contribution in [0.25, 0.3) is 0 Å². The Bertz CT molecular complexity index is 458. The van der Waals surface area contributed by atoms with Gasteiger partial charge in [-0.25, -0.2) is 0 Å². The molecule has 0 bridgehead atoms. The third kappa shape index (κ3) is 3.63. The summed E-state index contributed by atoms with van der Waals surface area (Å²) in [6.07, 6.45) is 2.99. The Morgan fingerprint density at radius 3 is 2.28 bits per heavy atom. The molecule has 1 aromatic carbocycles. The lowest BCUT2D eigenvalue weighted by Gasteiger charge is -2.09. The Balaban J connectivity index is 2.70. The van der Waals surface area contributed by atoms with Gasteiger partial charge in [-0.3, -0.25) is 4.79 Å². The van der Waals surface area contributed by atoms with Gasteiger partial charge in [-0.1, -0.05) is 43.5 Å². The SMILES string of the molecule is C=C/C(OC)=C(\C=C)OCC(=O)c1ccccc1. The number of rotatable bonds is 7. The zero-order valence-corrected chi connectivity index (χ0v) is 10.4. The van der Waals surface area contributed by atoms with E-state index in [4.69, 9.17) is 9.47 Å². The molecule has 18 heavy (non-hydrogen) atoms. The Morgan fingerprint density at radius 2 is 1.78 bits per heavy atom. The number of ether oxygens (including phenoxy) is 2. The molecule has 0 aliphatic rings. The van der Waals surface area contributed by atoms with Gasteiger partial charge in [0.15, 0.2) is 23.9 Å². The molecule has 1 aromatic rings. The third-order valence-corrected chi connectivity index (χ3v) is 2.29. The zero-order valence-electron chi connectivity index (χ0n) is 10.4. The van der Waals surface area contributed by atoms with Crippen LogP contribution in [0, 0.1) is 0 Å².